The second-order valence-electron chi connectivity index (χ2n) is 2.43. The van der Waals surface area contributed by atoms with E-state index < -0.39 is 31.6 Å². The van der Waals surface area contributed by atoms with E-state index in [0.29, 0.717) is 4.44 Å². The van der Waals surface area contributed by atoms with Gasteiger partial charge in [0.05, 0.1) is 0 Å². The number of carbonyl (C=O) groups excluding carboxylic acids is 2. The fraction of sp³-hybridized carbons (Fsp3) is 0.667. The number of carbonyl (C=O) groups is 2. The van der Waals surface area contributed by atoms with Gasteiger partial charge in [0.2, 0.25) is 0 Å². The molecule has 0 N–H and O–H groups in total. The second kappa shape index (κ2) is 6.07. The maximum atomic E-state index is 10.7. The topological polar surface area (TPSA) is 61.8 Å². The quantitative estimate of drug-likeness (QED) is 0.585. The Labute approximate surface area is 96.3 Å². The Kier molecular flexibility index (Phi) is 6.30. The molecule has 0 aromatic carbocycles. The van der Waals surface area contributed by atoms with Gasteiger partial charge in [-0.25, -0.2) is 0 Å². The molecule has 0 aliphatic heterocycles. The molecule has 0 radical (unpaired) electrons. The van der Waals surface area contributed by atoms with Crippen molar-refractivity contribution in [2.75, 3.05) is 0 Å². The van der Waals surface area contributed by atoms with Crippen molar-refractivity contribution >= 4 is 54.5 Å². The Balaban J connectivity index is 4.48. The van der Waals surface area contributed by atoms with E-state index in [9.17, 15) is 9.59 Å². The van der Waals surface area contributed by atoms with E-state index in [4.69, 9.17) is 7.56 Å². The van der Waals surface area contributed by atoms with Gasteiger partial charge in [0.25, 0.3) is 0 Å². The van der Waals surface area contributed by atoms with Crippen LogP contribution in [0.2, 0.25) is 4.44 Å². The Morgan fingerprint density at radius 2 is 1.62 bits per heavy atom. The Hall–Kier alpha value is 0.497. The van der Waals surface area contributed by atoms with E-state index in [1.807, 2.05) is 0 Å². The van der Waals surface area contributed by atoms with Crippen molar-refractivity contribution in [3.8, 4) is 0 Å². The summed E-state index contributed by atoms with van der Waals surface area (Å²) in [6.45, 7) is 4.38. The van der Waals surface area contributed by atoms with E-state index in [-0.39, 0.29) is 22.9 Å². The molecule has 0 heterocycles. The summed E-state index contributed by atoms with van der Waals surface area (Å²) in [6, 6.07) is 0. The molecule has 0 atom stereocenters. The van der Waals surface area contributed by atoms with Gasteiger partial charge in [-0.15, -0.1) is 0 Å². The van der Waals surface area contributed by atoms with Crippen molar-refractivity contribution in [2.45, 2.75) is 25.2 Å². The minimum atomic E-state index is -3.74. The third kappa shape index (κ3) is 5.06. The molecule has 0 fully saturated rings. The van der Waals surface area contributed by atoms with E-state index in [1.54, 1.807) is 6.92 Å². The van der Waals surface area contributed by atoms with Crippen LogP contribution in [0.5, 0.6) is 0 Å². The van der Waals surface area contributed by atoms with E-state index in [1.165, 1.54) is 13.8 Å². The van der Waals surface area contributed by atoms with Gasteiger partial charge in [-0.05, 0) is 0 Å². The first-order valence-corrected chi connectivity index (χ1v) is 11.7. The minimum absolute atomic E-state index is 0.101. The molecule has 0 aliphatic rings. The summed E-state index contributed by atoms with van der Waals surface area (Å²) in [4.78, 5) is 21.5. The van der Waals surface area contributed by atoms with Crippen LogP contribution >= 0.6 is 0 Å². The molecular weight excluding hydrogens is 389 g/mol. The van der Waals surface area contributed by atoms with Crippen molar-refractivity contribution in [1.29, 1.82) is 0 Å². The third-order valence-corrected chi connectivity index (χ3v) is 20.9. The molecule has 5 nitrogen and oxygen atoms in total. The van der Waals surface area contributed by atoms with Crippen LogP contribution in [0.25, 0.3) is 0 Å². The molecule has 0 amide bonds. The SMILES string of the molecule is C[CH2][Sn]([O][SnH3])([O]C(C)=O)[O]C(C)=O. The van der Waals surface area contributed by atoms with Gasteiger partial charge in [0, 0.05) is 0 Å². The molecule has 0 rings (SSSR count). The molecule has 13 heavy (non-hydrogen) atoms. The van der Waals surface area contributed by atoms with Crippen molar-refractivity contribution < 1.29 is 17.1 Å². The summed E-state index contributed by atoms with van der Waals surface area (Å²) < 4.78 is 15.8. The first kappa shape index (κ1) is 13.5. The van der Waals surface area contributed by atoms with Crippen molar-refractivity contribution in [3.05, 3.63) is 0 Å². The van der Waals surface area contributed by atoms with Crippen molar-refractivity contribution in [1.82, 2.24) is 0 Å². The van der Waals surface area contributed by atoms with E-state index in [0.717, 1.165) is 0 Å². The average molecular weight is 404 g/mol. The number of hydrogen-bond acceptors (Lipinski definition) is 5. The standard InChI is InChI=1S/2C2H4O2.C2H5.O.2Sn.3H/c2*1-2(3)4;1-2;;;;;;/h2*1H3,(H,3,4);1H2,2H3;;;;;;/q;;;;;+2;;;/p-2. The average Bonchev–Trinajstić information content (AvgIpc) is 2.01. The molecule has 0 aromatic heterocycles. The van der Waals surface area contributed by atoms with Crippen LogP contribution in [0.4, 0.5) is 0 Å². The summed E-state index contributed by atoms with van der Waals surface area (Å²) in [5.41, 5.74) is 0. The molecule has 0 unspecified atom stereocenters. The predicted octanol–water partition coefficient (Wildman–Crippen LogP) is -0.632. The van der Waals surface area contributed by atoms with Gasteiger partial charge in [0.1, 0.15) is 0 Å². The van der Waals surface area contributed by atoms with Crippen molar-refractivity contribution in [3.63, 3.8) is 0 Å². The monoisotopic (exact) mass is 406 g/mol. The zero-order valence-corrected chi connectivity index (χ0v) is 16.8. The summed E-state index contributed by atoms with van der Waals surface area (Å²) in [7, 11) is 0. The fourth-order valence-corrected chi connectivity index (χ4v) is 14.3. The van der Waals surface area contributed by atoms with Gasteiger partial charge in [0.15, 0.2) is 0 Å². The van der Waals surface area contributed by atoms with Crippen LogP contribution in [0, 0.1) is 0 Å². The van der Waals surface area contributed by atoms with Crippen molar-refractivity contribution in [2.24, 2.45) is 0 Å². The molecule has 0 saturated heterocycles. The fourth-order valence-electron chi connectivity index (χ4n) is 0.831. The zero-order valence-electron chi connectivity index (χ0n) is 8.25. The molecule has 0 aliphatic carbocycles. The van der Waals surface area contributed by atoms with E-state index in [2.05, 4.69) is 0 Å². The summed E-state index contributed by atoms with van der Waals surface area (Å²) in [6.07, 6.45) is 0. The number of rotatable bonds is 4. The van der Waals surface area contributed by atoms with Crippen LogP contribution in [0.15, 0.2) is 0 Å². The summed E-state index contributed by atoms with van der Waals surface area (Å²) in [5.74, 6) is -0.876. The van der Waals surface area contributed by atoms with Gasteiger partial charge < -0.3 is 0 Å². The first-order chi connectivity index (χ1) is 5.95. The Bertz CT molecular complexity index is 183. The molecule has 0 bridgehead atoms. The van der Waals surface area contributed by atoms with Crippen LogP contribution in [-0.2, 0) is 17.1 Å². The second-order valence-corrected chi connectivity index (χ2v) is 18.5. The van der Waals surface area contributed by atoms with Crippen LogP contribution in [0.1, 0.15) is 20.8 Å². The predicted molar refractivity (Wildman–Crippen MR) is 50.8 cm³/mol. The maximum absolute atomic E-state index is 10.7. The summed E-state index contributed by atoms with van der Waals surface area (Å²) in [5, 5.41) is 0. The first-order valence-electron chi connectivity index (χ1n) is 3.90. The zero-order chi connectivity index (χ0) is 10.5. The van der Waals surface area contributed by atoms with Crippen LogP contribution < -0.4 is 0 Å². The molecule has 0 spiro atoms. The number of hydrogen-bond donors (Lipinski definition) is 0. The third-order valence-electron chi connectivity index (χ3n) is 1.34. The normalized spacial score (nSPS) is 11.0. The van der Waals surface area contributed by atoms with E-state index >= 15 is 0 Å². The van der Waals surface area contributed by atoms with Gasteiger partial charge in [-0.2, -0.15) is 0 Å². The molecule has 76 valence electrons. The van der Waals surface area contributed by atoms with Gasteiger partial charge in [-0.1, -0.05) is 0 Å². The van der Waals surface area contributed by atoms with Crippen LogP contribution in [0.3, 0.4) is 0 Å². The van der Waals surface area contributed by atoms with Gasteiger partial charge in [-0.3, -0.25) is 0 Å². The molecule has 0 saturated carbocycles. The summed E-state index contributed by atoms with van der Waals surface area (Å²) >= 11 is -3.84. The Morgan fingerprint density at radius 1 is 1.23 bits per heavy atom. The molecule has 7 heteroatoms. The Morgan fingerprint density at radius 3 is 1.77 bits per heavy atom. The molecular formula is C6H14O5Sn2. The van der Waals surface area contributed by atoms with Gasteiger partial charge >= 0.3 is 96.9 Å². The molecule has 0 aromatic rings. The van der Waals surface area contributed by atoms with Crippen LogP contribution in [-0.4, -0.2) is 54.5 Å².